The maximum Gasteiger partial charge on any atom is 0.427 e. The quantitative estimate of drug-likeness (QED) is 0.740. The standard InChI is InChI=1S/C10H9BrF4O/c1-9(2,10(13,14)15)16-8-4-6(11)3-7(12)5-8/h3-5H,1-2H3. The first-order valence-corrected chi connectivity index (χ1v) is 5.13. The first kappa shape index (κ1) is 13.3. The maximum absolute atomic E-state index is 12.9. The largest absolute Gasteiger partial charge is 0.478 e. The molecular formula is C10H9BrF4O. The molecule has 0 N–H and O–H groups in total. The fourth-order valence-corrected chi connectivity index (χ4v) is 1.38. The van der Waals surface area contributed by atoms with Crippen molar-refractivity contribution in [2.75, 3.05) is 0 Å². The summed E-state index contributed by atoms with van der Waals surface area (Å²) in [7, 11) is 0. The average molecular weight is 301 g/mol. The molecule has 0 bridgehead atoms. The smallest absolute Gasteiger partial charge is 0.427 e. The average Bonchev–Trinajstić information content (AvgIpc) is 1.97. The molecular weight excluding hydrogens is 292 g/mol. The molecule has 0 atom stereocenters. The molecule has 0 heterocycles. The molecule has 0 aromatic heterocycles. The fraction of sp³-hybridized carbons (Fsp3) is 0.400. The summed E-state index contributed by atoms with van der Waals surface area (Å²) < 4.78 is 55.4. The number of hydrogen-bond acceptors (Lipinski definition) is 1. The predicted octanol–water partition coefficient (Wildman–Crippen LogP) is 4.31. The summed E-state index contributed by atoms with van der Waals surface area (Å²) in [6.07, 6.45) is -4.52. The Bertz CT molecular complexity index is 367. The monoisotopic (exact) mass is 300 g/mol. The van der Waals surface area contributed by atoms with Crippen LogP contribution in [0.5, 0.6) is 5.75 Å². The van der Waals surface area contributed by atoms with E-state index in [2.05, 4.69) is 15.9 Å². The molecule has 1 aromatic carbocycles. The van der Waals surface area contributed by atoms with Crippen molar-refractivity contribution in [3.05, 3.63) is 28.5 Å². The minimum Gasteiger partial charge on any atom is -0.478 e. The van der Waals surface area contributed by atoms with E-state index in [1.165, 1.54) is 6.07 Å². The van der Waals surface area contributed by atoms with Gasteiger partial charge in [0.1, 0.15) is 11.6 Å². The first-order valence-electron chi connectivity index (χ1n) is 4.34. The normalized spacial score (nSPS) is 12.7. The van der Waals surface area contributed by atoms with Gasteiger partial charge in [0, 0.05) is 10.5 Å². The van der Waals surface area contributed by atoms with Crippen molar-refractivity contribution in [3.63, 3.8) is 0 Å². The number of halogens is 5. The second-order valence-electron chi connectivity index (χ2n) is 3.72. The van der Waals surface area contributed by atoms with Gasteiger partial charge in [-0.3, -0.25) is 0 Å². The van der Waals surface area contributed by atoms with Crippen LogP contribution in [0.25, 0.3) is 0 Å². The highest BCUT2D eigenvalue weighted by Crippen LogP contribution is 2.35. The van der Waals surface area contributed by atoms with E-state index in [0.717, 1.165) is 26.0 Å². The van der Waals surface area contributed by atoms with Gasteiger partial charge in [-0.25, -0.2) is 4.39 Å². The summed E-state index contributed by atoms with van der Waals surface area (Å²) in [5.74, 6) is -0.837. The van der Waals surface area contributed by atoms with Crippen molar-refractivity contribution in [1.82, 2.24) is 0 Å². The van der Waals surface area contributed by atoms with Crippen molar-refractivity contribution < 1.29 is 22.3 Å². The van der Waals surface area contributed by atoms with Crippen molar-refractivity contribution in [1.29, 1.82) is 0 Å². The maximum atomic E-state index is 12.9. The number of benzene rings is 1. The van der Waals surface area contributed by atoms with Crippen molar-refractivity contribution >= 4 is 15.9 Å². The topological polar surface area (TPSA) is 9.23 Å². The van der Waals surface area contributed by atoms with E-state index in [1.54, 1.807) is 0 Å². The van der Waals surface area contributed by atoms with E-state index >= 15 is 0 Å². The number of alkyl halides is 3. The summed E-state index contributed by atoms with van der Waals surface area (Å²) >= 11 is 2.97. The van der Waals surface area contributed by atoms with Crippen LogP contribution in [0.4, 0.5) is 17.6 Å². The number of hydrogen-bond donors (Lipinski definition) is 0. The highest BCUT2D eigenvalue weighted by atomic mass is 79.9. The minimum atomic E-state index is -4.52. The first-order chi connectivity index (χ1) is 7.12. The highest BCUT2D eigenvalue weighted by molar-refractivity contribution is 9.10. The Balaban J connectivity index is 2.96. The molecule has 0 saturated carbocycles. The van der Waals surface area contributed by atoms with Crippen LogP contribution < -0.4 is 4.74 Å². The van der Waals surface area contributed by atoms with Gasteiger partial charge in [0.05, 0.1) is 0 Å². The predicted molar refractivity (Wildman–Crippen MR) is 54.9 cm³/mol. The molecule has 6 heteroatoms. The summed E-state index contributed by atoms with van der Waals surface area (Å²) in [4.78, 5) is 0. The molecule has 0 unspecified atom stereocenters. The lowest BCUT2D eigenvalue weighted by molar-refractivity contribution is -0.234. The van der Waals surface area contributed by atoms with Crippen LogP contribution in [0, 0.1) is 5.82 Å². The zero-order chi connectivity index (χ0) is 12.6. The van der Waals surface area contributed by atoms with Gasteiger partial charge in [0.2, 0.25) is 0 Å². The number of rotatable bonds is 2. The molecule has 1 rings (SSSR count). The zero-order valence-corrected chi connectivity index (χ0v) is 10.1. The Labute approximate surface area is 98.5 Å². The molecule has 0 amide bonds. The van der Waals surface area contributed by atoms with Gasteiger partial charge in [0.15, 0.2) is 5.60 Å². The van der Waals surface area contributed by atoms with Crippen LogP contribution in [0.3, 0.4) is 0 Å². The van der Waals surface area contributed by atoms with E-state index in [-0.39, 0.29) is 5.75 Å². The molecule has 0 aliphatic heterocycles. The Hall–Kier alpha value is -0.780. The Morgan fingerprint density at radius 1 is 1.12 bits per heavy atom. The molecule has 1 aromatic rings. The SMILES string of the molecule is CC(C)(Oc1cc(F)cc(Br)c1)C(F)(F)F. The van der Waals surface area contributed by atoms with E-state index in [1.807, 2.05) is 0 Å². The molecule has 0 aliphatic rings. The van der Waals surface area contributed by atoms with Gasteiger partial charge in [-0.2, -0.15) is 13.2 Å². The molecule has 90 valence electrons. The van der Waals surface area contributed by atoms with Gasteiger partial charge in [-0.1, -0.05) is 15.9 Å². The summed E-state index contributed by atoms with van der Waals surface area (Å²) in [5, 5.41) is 0. The van der Waals surface area contributed by atoms with E-state index in [9.17, 15) is 17.6 Å². The van der Waals surface area contributed by atoms with Crippen LogP contribution in [-0.4, -0.2) is 11.8 Å². The van der Waals surface area contributed by atoms with Gasteiger partial charge in [-0.05, 0) is 26.0 Å². The molecule has 0 spiro atoms. The van der Waals surface area contributed by atoms with E-state index < -0.39 is 17.6 Å². The lowest BCUT2D eigenvalue weighted by atomic mass is 10.1. The van der Waals surface area contributed by atoms with Gasteiger partial charge in [-0.15, -0.1) is 0 Å². The molecule has 1 nitrogen and oxygen atoms in total. The third kappa shape index (κ3) is 3.10. The molecule has 16 heavy (non-hydrogen) atoms. The Morgan fingerprint density at radius 3 is 2.12 bits per heavy atom. The van der Waals surface area contributed by atoms with Gasteiger partial charge in [0.25, 0.3) is 0 Å². The van der Waals surface area contributed by atoms with Gasteiger partial charge < -0.3 is 4.74 Å². The number of ether oxygens (including phenoxy) is 1. The summed E-state index contributed by atoms with van der Waals surface area (Å²) in [6, 6.07) is 3.31. The molecule has 0 radical (unpaired) electrons. The minimum absolute atomic E-state index is 0.172. The molecule has 0 saturated heterocycles. The van der Waals surface area contributed by atoms with E-state index in [0.29, 0.717) is 4.47 Å². The highest BCUT2D eigenvalue weighted by Gasteiger charge is 2.49. The second-order valence-corrected chi connectivity index (χ2v) is 4.63. The van der Waals surface area contributed by atoms with E-state index in [4.69, 9.17) is 4.74 Å². The van der Waals surface area contributed by atoms with Crippen LogP contribution in [0.2, 0.25) is 0 Å². The van der Waals surface area contributed by atoms with Crippen LogP contribution in [0.1, 0.15) is 13.8 Å². The lowest BCUT2D eigenvalue weighted by Gasteiger charge is -2.28. The third-order valence-electron chi connectivity index (χ3n) is 1.89. The Morgan fingerprint density at radius 2 is 1.69 bits per heavy atom. The third-order valence-corrected chi connectivity index (χ3v) is 2.35. The molecule has 0 fully saturated rings. The zero-order valence-electron chi connectivity index (χ0n) is 8.53. The van der Waals surface area contributed by atoms with Crippen molar-refractivity contribution in [2.24, 2.45) is 0 Å². The fourth-order valence-electron chi connectivity index (χ4n) is 0.940. The summed E-state index contributed by atoms with van der Waals surface area (Å²) in [6.45, 7) is 1.76. The second kappa shape index (κ2) is 4.24. The molecule has 0 aliphatic carbocycles. The lowest BCUT2D eigenvalue weighted by Crippen LogP contribution is -2.44. The van der Waals surface area contributed by atoms with Crippen LogP contribution >= 0.6 is 15.9 Å². The van der Waals surface area contributed by atoms with Crippen molar-refractivity contribution in [3.8, 4) is 5.75 Å². The summed E-state index contributed by atoms with van der Waals surface area (Å²) in [5.41, 5.74) is -2.36. The van der Waals surface area contributed by atoms with Crippen LogP contribution in [0.15, 0.2) is 22.7 Å². The van der Waals surface area contributed by atoms with Crippen molar-refractivity contribution in [2.45, 2.75) is 25.6 Å². The van der Waals surface area contributed by atoms with Crippen LogP contribution in [-0.2, 0) is 0 Å². The Kier molecular flexibility index (Phi) is 3.52. The van der Waals surface area contributed by atoms with Gasteiger partial charge >= 0.3 is 6.18 Å².